The van der Waals surface area contributed by atoms with Crippen LogP contribution in [0, 0.1) is 10.1 Å². The Balaban J connectivity index is 2.88. The summed E-state index contributed by atoms with van der Waals surface area (Å²) < 4.78 is 3.88. The van der Waals surface area contributed by atoms with Gasteiger partial charge in [0, 0.05) is 4.92 Å². The fourth-order valence-electron chi connectivity index (χ4n) is 1.80. The molecular weight excluding hydrogens is 325 g/mol. The van der Waals surface area contributed by atoms with Crippen molar-refractivity contribution in [3.63, 3.8) is 0 Å². The quantitative estimate of drug-likeness (QED) is 0.415. The summed E-state index contributed by atoms with van der Waals surface area (Å²) >= 11 is 17.3. The van der Waals surface area contributed by atoms with Crippen LogP contribution in [0.1, 0.15) is 31.4 Å². The van der Waals surface area contributed by atoms with Gasteiger partial charge in [-0.1, -0.05) is 78.5 Å². The van der Waals surface area contributed by atoms with Crippen LogP contribution in [-0.4, -0.2) is 21.4 Å². The van der Waals surface area contributed by atoms with E-state index in [0.29, 0.717) is 6.42 Å². The predicted molar refractivity (Wildman–Crippen MR) is 81.1 cm³/mol. The Morgan fingerprint density at radius 3 is 2.35 bits per heavy atom. The lowest BCUT2D eigenvalue weighted by atomic mass is 10.1. The Kier molecular flexibility index (Phi) is 7.03. The number of rotatable bonds is 7. The number of alkyl halides is 3. The van der Waals surface area contributed by atoms with Crippen molar-refractivity contribution in [1.82, 2.24) is 0 Å². The summed E-state index contributed by atoms with van der Waals surface area (Å²) in [6.45, 7) is 1.45. The van der Waals surface area contributed by atoms with Crippen LogP contribution in [0.15, 0.2) is 30.3 Å². The molecule has 0 unspecified atom stereocenters. The smallest absolute Gasteiger partial charge is 0.233 e. The second kappa shape index (κ2) is 8.03. The highest BCUT2D eigenvalue weighted by molar-refractivity contribution is 6.68. The highest BCUT2D eigenvalue weighted by atomic mass is 35.6. The molecule has 0 aliphatic carbocycles. The number of ether oxygens (including phenoxy) is 1. The maximum Gasteiger partial charge on any atom is 0.233 e. The summed E-state index contributed by atoms with van der Waals surface area (Å²) in [5, 5.41) is 10.7. The van der Waals surface area contributed by atoms with Gasteiger partial charge in [-0.25, -0.2) is 0 Å². The zero-order chi connectivity index (χ0) is 15.2. The van der Waals surface area contributed by atoms with Crippen LogP contribution in [-0.2, 0) is 4.74 Å². The molecule has 0 saturated heterocycles. The highest BCUT2D eigenvalue weighted by Crippen LogP contribution is 2.36. The third-order valence-corrected chi connectivity index (χ3v) is 3.46. The van der Waals surface area contributed by atoms with E-state index in [0.717, 1.165) is 12.0 Å². The molecule has 1 aromatic carbocycles. The average molecular weight is 341 g/mol. The van der Waals surface area contributed by atoms with Gasteiger partial charge in [0.15, 0.2) is 6.10 Å². The van der Waals surface area contributed by atoms with Crippen molar-refractivity contribution in [2.24, 2.45) is 0 Å². The molecule has 0 N–H and O–H groups in total. The lowest BCUT2D eigenvalue weighted by Crippen LogP contribution is -2.36. The molecule has 1 aromatic rings. The third kappa shape index (κ3) is 5.83. The van der Waals surface area contributed by atoms with E-state index < -0.39 is 21.4 Å². The highest BCUT2D eigenvalue weighted by Gasteiger charge is 2.39. The van der Waals surface area contributed by atoms with E-state index in [1.165, 1.54) is 0 Å². The molecule has 112 valence electrons. The standard InChI is InChI=1S/C13H16Cl3NO3/c1-2-6-11(10-7-4-3-5-8-10)20-12(9-17(18)19)13(14,15)16/h3-5,7-8,11-12H,2,6,9H2,1H3/t11-,12+/m1/s1. The van der Waals surface area contributed by atoms with Crippen molar-refractivity contribution in [3.8, 4) is 0 Å². The first kappa shape index (κ1) is 17.5. The summed E-state index contributed by atoms with van der Waals surface area (Å²) in [6.07, 6.45) is 0.116. The van der Waals surface area contributed by atoms with Crippen molar-refractivity contribution in [1.29, 1.82) is 0 Å². The molecule has 1 rings (SSSR count). The number of hydrogen-bond acceptors (Lipinski definition) is 3. The SMILES string of the molecule is CCC[C@@H](O[C@@H](C[N+](=O)[O-])C(Cl)(Cl)Cl)c1ccccc1. The molecule has 0 heterocycles. The molecule has 0 spiro atoms. The molecule has 0 bridgehead atoms. The van der Waals surface area contributed by atoms with Gasteiger partial charge in [-0.05, 0) is 12.0 Å². The molecule has 20 heavy (non-hydrogen) atoms. The Morgan fingerprint density at radius 1 is 1.30 bits per heavy atom. The molecule has 0 fully saturated rings. The first-order valence-corrected chi connectivity index (χ1v) is 7.37. The van der Waals surface area contributed by atoms with Gasteiger partial charge in [-0.2, -0.15) is 0 Å². The van der Waals surface area contributed by atoms with E-state index in [1.54, 1.807) is 0 Å². The van der Waals surface area contributed by atoms with E-state index in [9.17, 15) is 10.1 Å². The van der Waals surface area contributed by atoms with Gasteiger partial charge >= 0.3 is 0 Å². The fraction of sp³-hybridized carbons (Fsp3) is 0.538. The van der Waals surface area contributed by atoms with Gasteiger partial charge in [-0.3, -0.25) is 10.1 Å². The van der Waals surface area contributed by atoms with Gasteiger partial charge in [-0.15, -0.1) is 0 Å². The van der Waals surface area contributed by atoms with Gasteiger partial charge in [0.2, 0.25) is 10.3 Å². The van der Waals surface area contributed by atoms with Gasteiger partial charge in [0.1, 0.15) is 0 Å². The van der Waals surface area contributed by atoms with E-state index in [-0.39, 0.29) is 6.10 Å². The summed E-state index contributed by atoms with van der Waals surface area (Å²) in [7, 11) is 0. The van der Waals surface area contributed by atoms with Crippen molar-refractivity contribution < 1.29 is 9.66 Å². The molecule has 2 atom stereocenters. The largest absolute Gasteiger partial charge is 0.359 e. The van der Waals surface area contributed by atoms with Crippen LogP contribution >= 0.6 is 34.8 Å². The molecule has 0 aliphatic heterocycles. The molecule has 0 aliphatic rings. The summed E-state index contributed by atoms with van der Waals surface area (Å²) in [4.78, 5) is 10.1. The van der Waals surface area contributed by atoms with Crippen molar-refractivity contribution in [2.45, 2.75) is 35.8 Å². The number of nitrogens with zero attached hydrogens (tertiary/aromatic N) is 1. The van der Waals surface area contributed by atoms with Crippen molar-refractivity contribution in [3.05, 3.63) is 46.0 Å². The Bertz CT molecular complexity index is 423. The van der Waals surface area contributed by atoms with Crippen molar-refractivity contribution in [2.75, 3.05) is 6.54 Å². The lowest BCUT2D eigenvalue weighted by molar-refractivity contribution is -0.492. The monoisotopic (exact) mass is 339 g/mol. The van der Waals surface area contributed by atoms with Crippen LogP contribution < -0.4 is 0 Å². The van der Waals surface area contributed by atoms with Crippen LogP contribution in [0.4, 0.5) is 0 Å². The minimum absolute atomic E-state index is 0.332. The number of nitro groups is 1. The molecule has 0 aromatic heterocycles. The topological polar surface area (TPSA) is 52.4 Å². The van der Waals surface area contributed by atoms with Crippen LogP contribution in [0.3, 0.4) is 0 Å². The molecule has 4 nitrogen and oxygen atoms in total. The minimum Gasteiger partial charge on any atom is -0.359 e. The maximum atomic E-state index is 10.7. The van der Waals surface area contributed by atoms with E-state index in [4.69, 9.17) is 39.5 Å². The Morgan fingerprint density at radius 2 is 1.90 bits per heavy atom. The van der Waals surface area contributed by atoms with E-state index >= 15 is 0 Å². The molecule has 0 amide bonds. The van der Waals surface area contributed by atoms with Crippen LogP contribution in [0.5, 0.6) is 0 Å². The normalized spacial score (nSPS) is 14.8. The maximum absolute atomic E-state index is 10.7. The number of benzene rings is 1. The molecule has 0 saturated carbocycles. The Hall–Kier alpha value is -0.550. The molecule has 7 heteroatoms. The number of hydrogen-bond donors (Lipinski definition) is 0. The zero-order valence-corrected chi connectivity index (χ0v) is 13.2. The summed E-state index contributed by atoms with van der Waals surface area (Å²) in [5.41, 5.74) is 0.914. The van der Waals surface area contributed by atoms with E-state index in [1.807, 2.05) is 37.3 Å². The first-order chi connectivity index (χ1) is 9.34. The van der Waals surface area contributed by atoms with Gasteiger partial charge in [0.05, 0.1) is 6.10 Å². The van der Waals surface area contributed by atoms with Crippen LogP contribution in [0.25, 0.3) is 0 Å². The Labute approximate surface area is 133 Å². The van der Waals surface area contributed by atoms with E-state index in [2.05, 4.69) is 0 Å². The summed E-state index contributed by atoms with van der Waals surface area (Å²) in [6, 6.07) is 9.41. The molecular formula is C13H16Cl3NO3. The third-order valence-electron chi connectivity index (χ3n) is 2.73. The fourth-order valence-corrected chi connectivity index (χ4v) is 2.16. The lowest BCUT2D eigenvalue weighted by Gasteiger charge is -2.27. The minimum atomic E-state index is -1.84. The summed E-state index contributed by atoms with van der Waals surface area (Å²) in [5.74, 6) is 0. The predicted octanol–water partition coefficient (Wildman–Crippen LogP) is 4.56. The average Bonchev–Trinajstić information content (AvgIpc) is 2.36. The van der Waals surface area contributed by atoms with Crippen molar-refractivity contribution >= 4 is 34.8 Å². The number of halogens is 3. The second-order valence-corrected chi connectivity index (χ2v) is 6.74. The molecule has 0 radical (unpaired) electrons. The van der Waals surface area contributed by atoms with Gasteiger partial charge in [0.25, 0.3) is 0 Å². The second-order valence-electron chi connectivity index (χ2n) is 4.37. The van der Waals surface area contributed by atoms with Gasteiger partial charge < -0.3 is 4.74 Å². The van der Waals surface area contributed by atoms with Crippen LogP contribution in [0.2, 0.25) is 0 Å². The first-order valence-electron chi connectivity index (χ1n) is 6.23. The zero-order valence-electron chi connectivity index (χ0n) is 11.0.